The van der Waals surface area contributed by atoms with Crippen molar-refractivity contribution in [2.24, 2.45) is 0 Å². The van der Waals surface area contributed by atoms with Crippen molar-refractivity contribution >= 4 is 17.3 Å². The van der Waals surface area contributed by atoms with Crippen LogP contribution in [0.5, 0.6) is 11.5 Å². The Morgan fingerprint density at radius 2 is 1.63 bits per heavy atom. The molecule has 2 aromatic carbocycles. The van der Waals surface area contributed by atoms with Gasteiger partial charge in [0.15, 0.2) is 17.2 Å². The average molecular weight is 553 g/mol. The number of allylic oxidation sites excluding steroid dienone is 3. The van der Waals surface area contributed by atoms with Gasteiger partial charge in [-0.3, -0.25) is 4.79 Å². The molecule has 1 saturated carbocycles. The lowest BCUT2D eigenvalue weighted by molar-refractivity contribution is 0.0679. The predicted octanol–water partition coefficient (Wildman–Crippen LogP) is 6.28. The largest absolute Gasteiger partial charge is 0.493 e. The van der Waals surface area contributed by atoms with E-state index in [4.69, 9.17) is 14.6 Å². The molecule has 1 aliphatic carbocycles. The lowest BCUT2D eigenvalue weighted by atomic mass is 9.87. The van der Waals surface area contributed by atoms with Gasteiger partial charge in [0.25, 0.3) is 5.91 Å². The zero-order valence-electron chi connectivity index (χ0n) is 24.4. The quantitative estimate of drug-likeness (QED) is 0.277. The van der Waals surface area contributed by atoms with Crippen molar-refractivity contribution in [2.75, 3.05) is 40.4 Å². The van der Waals surface area contributed by atoms with Gasteiger partial charge in [-0.2, -0.15) is 5.10 Å². The Hall–Kier alpha value is -4.26. The van der Waals surface area contributed by atoms with E-state index < -0.39 is 0 Å². The van der Waals surface area contributed by atoms with Crippen molar-refractivity contribution < 1.29 is 14.3 Å². The molecule has 7 heteroatoms. The van der Waals surface area contributed by atoms with Crippen LogP contribution in [0.4, 0.5) is 0 Å². The van der Waals surface area contributed by atoms with Crippen LogP contribution in [0, 0.1) is 0 Å². The molecule has 1 aliphatic heterocycles. The van der Waals surface area contributed by atoms with Gasteiger partial charge in [0.05, 0.1) is 19.9 Å². The highest BCUT2D eigenvalue weighted by molar-refractivity contribution is 5.93. The van der Waals surface area contributed by atoms with Gasteiger partial charge in [-0.1, -0.05) is 56.3 Å². The third kappa shape index (κ3) is 5.94. The zero-order valence-corrected chi connectivity index (χ0v) is 24.4. The molecule has 1 amide bonds. The van der Waals surface area contributed by atoms with Gasteiger partial charge in [0.2, 0.25) is 0 Å². The molecule has 0 radical (unpaired) electrons. The van der Waals surface area contributed by atoms with Gasteiger partial charge in [0, 0.05) is 43.1 Å². The smallest absolute Gasteiger partial charge is 0.274 e. The van der Waals surface area contributed by atoms with E-state index in [1.165, 1.54) is 36.1 Å². The Kier molecular flexibility index (Phi) is 8.92. The van der Waals surface area contributed by atoms with Gasteiger partial charge in [-0.25, -0.2) is 4.68 Å². The highest BCUT2D eigenvalue weighted by Crippen LogP contribution is 2.36. The first-order valence-corrected chi connectivity index (χ1v) is 14.5. The van der Waals surface area contributed by atoms with Crippen molar-refractivity contribution in [3.63, 3.8) is 0 Å². The summed E-state index contributed by atoms with van der Waals surface area (Å²) in [6.45, 7) is 9.03. The van der Waals surface area contributed by atoms with Crippen molar-refractivity contribution in [1.82, 2.24) is 19.6 Å². The topological polar surface area (TPSA) is 59.8 Å². The molecule has 0 bridgehead atoms. The molecule has 2 fully saturated rings. The summed E-state index contributed by atoms with van der Waals surface area (Å²) < 4.78 is 12.9. The number of carbonyl (C=O) groups excluding carboxylic acids is 1. The molecule has 7 nitrogen and oxygen atoms in total. The minimum Gasteiger partial charge on any atom is -0.493 e. The van der Waals surface area contributed by atoms with Crippen LogP contribution in [0.25, 0.3) is 11.4 Å². The maximum Gasteiger partial charge on any atom is 0.274 e. The second-order valence-electron chi connectivity index (χ2n) is 10.5. The molecule has 214 valence electrons. The molecule has 0 atom stereocenters. The van der Waals surface area contributed by atoms with Gasteiger partial charge < -0.3 is 19.3 Å². The molecule has 0 N–H and O–H groups in total. The number of hydrogen-bond acceptors (Lipinski definition) is 5. The number of aryl methyl sites for hydroxylation is 1. The van der Waals surface area contributed by atoms with E-state index in [2.05, 4.69) is 48.7 Å². The molecule has 1 saturated heterocycles. The number of nitrogens with zero attached hydrogens (tertiary/aromatic N) is 4. The van der Waals surface area contributed by atoms with Gasteiger partial charge in [0.1, 0.15) is 0 Å². The Bertz CT molecular complexity index is 1440. The molecule has 2 aliphatic rings. The third-order valence-corrected chi connectivity index (χ3v) is 7.91. The molecule has 1 aromatic heterocycles. The first kappa shape index (κ1) is 28.3. The first-order chi connectivity index (χ1) is 20.1. The number of rotatable bonds is 10. The van der Waals surface area contributed by atoms with E-state index >= 15 is 0 Å². The Labute approximate surface area is 243 Å². The zero-order chi connectivity index (χ0) is 28.8. The van der Waals surface area contributed by atoms with E-state index in [1.54, 1.807) is 20.3 Å². The highest BCUT2D eigenvalue weighted by Gasteiger charge is 2.28. The number of ether oxygens (including phenoxy) is 2. The predicted molar refractivity (Wildman–Crippen MR) is 164 cm³/mol. The summed E-state index contributed by atoms with van der Waals surface area (Å²) in [5, 5.41) is 4.86. The molecule has 2 heterocycles. The number of hydrogen-bond donors (Lipinski definition) is 0. The van der Waals surface area contributed by atoms with Gasteiger partial charge in [-0.15, -0.1) is 0 Å². The number of aromatic nitrogens is 2. The monoisotopic (exact) mass is 552 g/mol. The van der Waals surface area contributed by atoms with E-state index in [0.717, 1.165) is 42.9 Å². The number of amides is 1. The lowest BCUT2D eigenvalue weighted by Crippen LogP contribution is -2.48. The second-order valence-corrected chi connectivity index (χ2v) is 10.5. The van der Waals surface area contributed by atoms with Crippen LogP contribution in [0.2, 0.25) is 0 Å². The third-order valence-electron chi connectivity index (χ3n) is 7.91. The molecule has 5 rings (SSSR count). The Morgan fingerprint density at radius 3 is 2.24 bits per heavy atom. The summed E-state index contributed by atoms with van der Waals surface area (Å²) in [5.41, 5.74) is 7.36. The molecule has 0 unspecified atom stereocenters. The fourth-order valence-electron chi connectivity index (χ4n) is 5.66. The molecule has 41 heavy (non-hydrogen) atoms. The van der Waals surface area contributed by atoms with Crippen molar-refractivity contribution in [3.05, 3.63) is 101 Å². The number of piperazine rings is 1. The summed E-state index contributed by atoms with van der Waals surface area (Å²) in [4.78, 5) is 18.2. The summed E-state index contributed by atoms with van der Waals surface area (Å²) in [6.07, 6.45) is 8.98. The normalized spacial score (nSPS) is 15.4. The Morgan fingerprint density at radius 1 is 0.927 bits per heavy atom. The van der Waals surface area contributed by atoms with Gasteiger partial charge in [-0.05, 0) is 67.2 Å². The van der Waals surface area contributed by atoms with E-state index in [9.17, 15) is 4.79 Å². The van der Waals surface area contributed by atoms with Crippen LogP contribution in [0.1, 0.15) is 59.9 Å². The fourth-order valence-corrected chi connectivity index (χ4v) is 5.66. The van der Waals surface area contributed by atoms with Crippen LogP contribution in [-0.2, 0) is 6.42 Å². The molecule has 0 spiro atoms. The summed E-state index contributed by atoms with van der Waals surface area (Å²) in [5.74, 6) is 1.26. The first-order valence-electron chi connectivity index (χ1n) is 14.5. The van der Waals surface area contributed by atoms with Crippen LogP contribution in [-0.4, -0.2) is 65.9 Å². The molecule has 3 aromatic rings. The lowest BCUT2D eigenvalue weighted by Gasteiger charge is -2.39. The standard InChI is InChI=1S/C34H40N4O3/c1-5-11-28-24-29(35-38(28)30(12-6-2)27-17-18-31(40-3)32(23-27)41-4)34(39)37-21-19-36(20-22-37)33(26-15-10-16-26)25-13-8-7-9-14-25/h6-9,12-14,17-18,23-24H,2,5,10-11,15-16,19-22H2,1,3-4H3/b30-12-. The number of methoxy groups -OCH3 is 2. The van der Waals surface area contributed by atoms with E-state index in [0.29, 0.717) is 30.3 Å². The minimum absolute atomic E-state index is 0.0245. The SMILES string of the molecule is C=C/C=C(/c1ccc(OC)c(OC)c1)n1nc(C(=O)N2CCN(C(=C3CCC3)c3ccccc3)CC2)cc1CCC. The summed E-state index contributed by atoms with van der Waals surface area (Å²) >= 11 is 0. The van der Waals surface area contributed by atoms with E-state index in [1.807, 2.05) is 39.9 Å². The van der Waals surface area contributed by atoms with Crippen LogP contribution >= 0.6 is 0 Å². The second kappa shape index (κ2) is 12.9. The van der Waals surface area contributed by atoms with Crippen molar-refractivity contribution in [3.8, 4) is 11.5 Å². The number of benzene rings is 2. The number of carbonyl (C=O) groups is 1. The van der Waals surface area contributed by atoms with Crippen LogP contribution < -0.4 is 9.47 Å². The van der Waals surface area contributed by atoms with Gasteiger partial charge >= 0.3 is 0 Å². The van der Waals surface area contributed by atoms with Crippen LogP contribution in [0.3, 0.4) is 0 Å². The summed E-state index contributed by atoms with van der Waals surface area (Å²) in [6, 6.07) is 18.4. The highest BCUT2D eigenvalue weighted by atomic mass is 16.5. The summed E-state index contributed by atoms with van der Waals surface area (Å²) in [7, 11) is 3.24. The van der Waals surface area contributed by atoms with Crippen molar-refractivity contribution in [2.45, 2.75) is 39.0 Å². The Balaban J connectivity index is 1.38. The van der Waals surface area contributed by atoms with Crippen LogP contribution in [0.15, 0.2) is 78.9 Å². The average Bonchev–Trinajstić information content (AvgIpc) is 3.41. The van der Waals surface area contributed by atoms with E-state index in [-0.39, 0.29) is 5.91 Å². The molecular formula is C34H40N4O3. The van der Waals surface area contributed by atoms with Crippen molar-refractivity contribution in [1.29, 1.82) is 0 Å². The fraction of sp³-hybridized carbons (Fsp3) is 0.353. The maximum absolute atomic E-state index is 13.8. The minimum atomic E-state index is -0.0245. The molecular weight excluding hydrogens is 512 g/mol. The maximum atomic E-state index is 13.8.